The summed E-state index contributed by atoms with van der Waals surface area (Å²) in [5.74, 6) is -1.64. The fraction of sp³-hybridized carbons (Fsp3) is 0.192. The normalized spacial score (nSPS) is 13.5. The van der Waals surface area contributed by atoms with Gasteiger partial charge in [0, 0.05) is 28.8 Å². The Morgan fingerprint density at radius 1 is 0.868 bits per heavy atom. The first kappa shape index (κ1) is 27.3. The molecule has 38 heavy (non-hydrogen) atoms. The molecular formula is C26H25BrN4O6S. The number of amides is 3. The summed E-state index contributed by atoms with van der Waals surface area (Å²) in [6.45, 7) is 0.551. The Kier molecular flexibility index (Phi) is 8.77. The Hall–Kier alpha value is -3.74. The lowest BCUT2D eigenvalue weighted by molar-refractivity contribution is -0.118. The van der Waals surface area contributed by atoms with E-state index in [1.54, 1.807) is 36.4 Å². The minimum Gasteiger partial charge on any atom is -0.483 e. The van der Waals surface area contributed by atoms with Crippen molar-refractivity contribution in [2.24, 2.45) is 0 Å². The molecule has 0 aliphatic carbocycles. The third-order valence-corrected chi connectivity index (χ3v) is 8.13. The van der Waals surface area contributed by atoms with E-state index in [1.165, 1.54) is 40.7 Å². The van der Waals surface area contributed by atoms with E-state index in [4.69, 9.17) is 4.74 Å². The number of benzene rings is 3. The molecule has 0 aromatic heterocycles. The van der Waals surface area contributed by atoms with Gasteiger partial charge in [-0.05, 0) is 67.4 Å². The number of hydrogen-bond donors (Lipinski definition) is 3. The number of halogens is 1. The standard InChI is InChI=1S/C26H25BrN4O6S/c27-19-10-12-20(13-11-19)28-24(32)17-37-23-9-2-1-8-22(23)26(34)30-29-25(33)18-6-5-7-21(16-18)38(35,36)31-14-3-4-15-31/h1-2,5-13,16H,3-4,14-15,17H2,(H,28,32)(H,29,33)(H,30,34). The van der Waals surface area contributed by atoms with Crippen molar-refractivity contribution in [2.45, 2.75) is 17.7 Å². The summed E-state index contributed by atoms with van der Waals surface area (Å²) in [6.07, 6.45) is 1.60. The monoisotopic (exact) mass is 600 g/mol. The Labute approximate surface area is 228 Å². The van der Waals surface area contributed by atoms with E-state index in [0.717, 1.165) is 17.3 Å². The third-order valence-electron chi connectivity index (χ3n) is 5.71. The van der Waals surface area contributed by atoms with Crippen LogP contribution in [0.25, 0.3) is 0 Å². The van der Waals surface area contributed by atoms with E-state index in [1.807, 2.05) is 0 Å². The molecule has 4 rings (SSSR count). The lowest BCUT2D eigenvalue weighted by Gasteiger charge is -2.16. The van der Waals surface area contributed by atoms with Gasteiger partial charge in [0.1, 0.15) is 5.75 Å². The van der Waals surface area contributed by atoms with Gasteiger partial charge in [0.15, 0.2) is 6.61 Å². The van der Waals surface area contributed by atoms with Gasteiger partial charge in [0.2, 0.25) is 10.0 Å². The van der Waals surface area contributed by atoms with Crippen molar-refractivity contribution in [3.63, 3.8) is 0 Å². The highest BCUT2D eigenvalue weighted by Crippen LogP contribution is 2.22. The van der Waals surface area contributed by atoms with Crippen molar-refractivity contribution in [3.8, 4) is 5.75 Å². The van der Waals surface area contributed by atoms with E-state index >= 15 is 0 Å². The second-order valence-corrected chi connectivity index (χ2v) is 11.2. The Balaban J connectivity index is 1.35. The molecular weight excluding hydrogens is 576 g/mol. The summed E-state index contributed by atoms with van der Waals surface area (Å²) < 4.78 is 33.4. The molecule has 3 N–H and O–H groups in total. The molecule has 3 aromatic carbocycles. The van der Waals surface area contributed by atoms with E-state index in [9.17, 15) is 22.8 Å². The molecule has 1 aliphatic rings. The molecule has 12 heteroatoms. The van der Waals surface area contributed by atoms with Crippen LogP contribution >= 0.6 is 15.9 Å². The van der Waals surface area contributed by atoms with Crippen molar-refractivity contribution >= 4 is 49.4 Å². The highest BCUT2D eigenvalue weighted by Gasteiger charge is 2.27. The van der Waals surface area contributed by atoms with Crippen LogP contribution in [0.4, 0.5) is 5.69 Å². The van der Waals surface area contributed by atoms with Gasteiger partial charge in [-0.15, -0.1) is 0 Å². The van der Waals surface area contributed by atoms with E-state index in [0.29, 0.717) is 18.8 Å². The summed E-state index contributed by atoms with van der Waals surface area (Å²) in [5.41, 5.74) is 5.34. The number of anilines is 1. The van der Waals surface area contributed by atoms with E-state index in [-0.39, 0.29) is 28.4 Å². The van der Waals surface area contributed by atoms with Crippen LogP contribution in [-0.4, -0.2) is 50.1 Å². The highest BCUT2D eigenvalue weighted by molar-refractivity contribution is 9.10. The molecule has 10 nitrogen and oxygen atoms in total. The fourth-order valence-electron chi connectivity index (χ4n) is 3.78. The second kappa shape index (κ2) is 12.2. The predicted octanol–water partition coefficient (Wildman–Crippen LogP) is 3.33. The number of para-hydroxylation sites is 1. The smallest absolute Gasteiger partial charge is 0.273 e. The maximum absolute atomic E-state index is 12.8. The zero-order valence-electron chi connectivity index (χ0n) is 20.1. The van der Waals surface area contributed by atoms with Gasteiger partial charge in [0.05, 0.1) is 10.5 Å². The van der Waals surface area contributed by atoms with E-state index < -0.39 is 27.7 Å². The molecule has 0 atom stereocenters. The van der Waals surface area contributed by atoms with Crippen molar-refractivity contribution in [1.29, 1.82) is 0 Å². The first-order chi connectivity index (χ1) is 18.2. The lowest BCUT2D eigenvalue weighted by Crippen LogP contribution is -2.41. The summed E-state index contributed by atoms with van der Waals surface area (Å²) in [7, 11) is -3.70. The molecule has 3 amide bonds. The number of nitrogens with one attached hydrogen (secondary N) is 3. The highest BCUT2D eigenvalue weighted by atomic mass is 79.9. The summed E-state index contributed by atoms with van der Waals surface area (Å²) >= 11 is 3.33. The second-order valence-electron chi connectivity index (χ2n) is 8.39. The van der Waals surface area contributed by atoms with Crippen LogP contribution in [0.2, 0.25) is 0 Å². The molecule has 0 saturated carbocycles. The van der Waals surface area contributed by atoms with Gasteiger partial charge >= 0.3 is 0 Å². The molecule has 1 heterocycles. The van der Waals surface area contributed by atoms with E-state index in [2.05, 4.69) is 32.1 Å². The van der Waals surface area contributed by atoms with Gasteiger partial charge in [0.25, 0.3) is 17.7 Å². The number of nitrogens with zero attached hydrogens (tertiary/aromatic N) is 1. The molecule has 0 radical (unpaired) electrons. The third kappa shape index (κ3) is 6.77. The largest absolute Gasteiger partial charge is 0.483 e. The van der Waals surface area contributed by atoms with Crippen molar-refractivity contribution in [2.75, 3.05) is 25.0 Å². The molecule has 198 valence electrons. The molecule has 0 bridgehead atoms. The Bertz CT molecular complexity index is 1440. The molecule has 0 unspecified atom stereocenters. The maximum atomic E-state index is 12.8. The Morgan fingerprint density at radius 3 is 2.29 bits per heavy atom. The van der Waals surface area contributed by atoms with Gasteiger partial charge < -0.3 is 10.1 Å². The van der Waals surface area contributed by atoms with Crippen LogP contribution in [0.5, 0.6) is 5.75 Å². The average Bonchev–Trinajstić information content (AvgIpc) is 3.48. The van der Waals surface area contributed by atoms with Crippen LogP contribution in [0.1, 0.15) is 33.6 Å². The topological polar surface area (TPSA) is 134 Å². The number of sulfonamides is 1. The van der Waals surface area contributed by atoms with Crippen LogP contribution in [0, 0.1) is 0 Å². The molecule has 1 saturated heterocycles. The number of carbonyl (C=O) groups is 3. The predicted molar refractivity (Wildman–Crippen MR) is 144 cm³/mol. The Morgan fingerprint density at radius 2 is 1.55 bits per heavy atom. The SMILES string of the molecule is O=C(COc1ccccc1C(=O)NNC(=O)c1cccc(S(=O)(=O)N2CCCC2)c1)Nc1ccc(Br)cc1. The summed E-state index contributed by atoms with van der Waals surface area (Å²) in [6, 6.07) is 18.9. The van der Waals surface area contributed by atoms with Gasteiger partial charge in [-0.25, -0.2) is 8.42 Å². The summed E-state index contributed by atoms with van der Waals surface area (Å²) in [5, 5.41) is 2.69. The van der Waals surface area contributed by atoms with Crippen LogP contribution in [0.15, 0.2) is 82.2 Å². The van der Waals surface area contributed by atoms with Gasteiger partial charge in [-0.3, -0.25) is 25.2 Å². The lowest BCUT2D eigenvalue weighted by atomic mass is 10.2. The number of hydrazine groups is 1. The number of ether oxygens (including phenoxy) is 1. The molecule has 1 fully saturated rings. The van der Waals surface area contributed by atoms with Crippen molar-refractivity contribution < 1.29 is 27.5 Å². The van der Waals surface area contributed by atoms with Crippen LogP contribution < -0.4 is 20.9 Å². The molecule has 3 aromatic rings. The fourth-order valence-corrected chi connectivity index (χ4v) is 5.61. The zero-order valence-corrected chi connectivity index (χ0v) is 22.5. The van der Waals surface area contributed by atoms with Crippen molar-refractivity contribution in [1.82, 2.24) is 15.2 Å². The number of hydrogen-bond acceptors (Lipinski definition) is 6. The first-order valence-electron chi connectivity index (χ1n) is 11.7. The van der Waals surface area contributed by atoms with Gasteiger partial charge in [-0.2, -0.15) is 4.31 Å². The average molecular weight is 601 g/mol. The van der Waals surface area contributed by atoms with Crippen molar-refractivity contribution in [3.05, 3.63) is 88.4 Å². The summed E-state index contributed by atoms with van der Waals surface area (Å²) in [4.78, 5) is 37.7. The molecule has 1 aliphatic heterocycles. The minimum absolute atomic E-state index is 0.0125. The number of carbonyl (C=O) groups excluding carboxylic acids is 3. The first-order valence-corrected chi connectivity index (χ1v) is 14.0. The zero-order chi connectivity index (χ0) is 27.1. The number of rotatable bonds is 8. The van der Waals surface area contributed by atoms with Crippen LogP contribution in [0.3, 0.4) is 0 Å². The quantitative estimate of drug-likeness (QED) is 0.340. The minimum atomic E-state index is -3.70. The maximum Gasteiger partial charge on any atom is 0.273 e. The molecule has 0 spiro atoms. The van der Waals surface area contributed by atoms with Gasteiger partial charge in [-0.1, -0.05) is 34.1 Å². The van der Waals surface area contributed by atoms with Crippen LogP contribution in [-0.2, 0) is 14.8 Å².